The van der Waals surface area contributed by atoms with E-state index in [1.54, 1.807) is 12.4 Å². The molecule has 1 aromatic heterocycles. The van der Waals surface area contributed by atoms with Gasteiger partial charge in [-0.2, -0.15) is 0 Å². The van der Waals surface area contributed by atoms with Gasteiger partial charge in [-0.15, -0.1) is 0 Å². The van der Waals surface area contributed by atoms with Gasteiger partial charge in [0.2, 0.25) is 0 Å². The Bertz CT molecular complexity index is 1200. The predicted molar refractivity (Wildman–Crippen MR) is 165 cm³/mol. The maximum atomic E-state index is 13.2. The van der Waals surface area contributed by atoms with Gasteiger partial charge in [-0.25, -0.2) is 0 Å². The van der Waals surface area contributed by atoms with Crippen molar-refractivity contribution in [1.29, 1.82) is 0 Å². The van der Waals surface area contributed by atoms with Crippen LogP contribution in [0.3, 0.4) is 0 Å². The highest BCUT2D eigenvalue weighted by Crippen LogP contribution is 2.76. The molecule has 5 aliphatic rings. The van der Waals surface area contributed by atoms with Crippen LogP contribution in [0.2, 0.25) is 0 Å². The minimum Gasteiger partial charge on any atom is -0.393 e. The fourth-order valence-electron chi connectivity index (χ4n) is 12.1. The molecule has 11 atom stereocenters. The highest BCUT2D eigenvalue weighted by molar-refractivity contribution is 5.94. The van der Waals surface area contributed by atoms with Crippen molar-refractivity contribution in [2.45, 2.75) is 143 Å². The molecule has 1 saturated heterocycles. The molecule has 4 saturated carbocycles. The van der Waals surface area contributed by atoms with Crippen molar-refractivity contribution in [2.24, 2.45) is 45.3 Å². The minimum atomic E-state index is -0.849. The molecule has 1 aliphatic heterocycles. The van der Waals surface area contributed by atoms with Crippen molar-refractivity contribution in [3.63, 3.8) is 0 Å². The van der Waals surface area contributed by atoms with Crippen LogP contribution < -0.4 is 5.32 Å². The summed E-state index contributed by atoms with van der Waals surface area (Å²) in [4.78, 5) is 17.3. The molecule has 42 heavy (non-hydrogen) atoms. The molecule has 0 spiro atoms. The molecule has 6 rings (SSSR count). The monoisotopic (exact) mass is 580 g/mol. The Morgan fingerprint density at radius 1 is 0.976 bits per heavy atom. The number of nitrogens with zero attached hydrogens (tertiary/aromatic N) is 1. The SMILES string of the molecule is CC(C)(O)[C@@H]1CC[C@@](C)([C@H]2CC[C@]3(C)[C@@H]2[C@H](O)C[C@@H]2[C@@]4(C)CC[C@H](NC(=O)c5cccnc5)C(C)(C)[C@@H]4CC[C@]23C)O1. The van der Waals surface area contributed by atoms with Gasteiger partial charge in [0.1, 0.15) is 0 Å². The third-order valence-electron chi connectivity index (χ3n) is 14.5. The van der Waals surface area contributed by atoms with E-state index in [0.29, 0.717) is 23.3 Å². The Balaban J connectivity index is 1.26. The van der Waals surface area contributed by atoms with Gasteiger partial charge in [-0.1, -0.05) is 34.6 Å². The van der Waals surface area contributed by atoms with Crippen LogP contribution in [-0.2, 0) is 4.74 Å². The number of rotatable bonds is 4. The maximum absolute atomic E-state index is 13.2. The lowest BCUT2D eigenvalue weighted by Crippen LogP contribution is -2.67. The number of hydrogen-bond donors (Lipinski definition) is 3. The second-order valence-electron chi connectivity index (χ2n) is 17.2. The van der Waals surface area contributed by atoms with Crippen LogP contribution in [0, 0.1) is 45.3 Å². The summed E-state index contributed by atoms with van der Waals surface area (Å²) in [5.74, 6) is 1.41. The number of carbonyl (C=O) groups is 1. The average molecular weight is 581 g/mol. The number of pyridine rings is 1. The molecular weight excluding hydrogens is 524 g/mol. The van der Waals surface area contributed by atoms with Gasteiger partial charge in [-0.05, 0) is 136 Å². The first kappa shape index (κ1) is 30.5. The highest BCUT2D eigenvalue weighted by Gasteiger charge is 2.72. The summed E-state index contributed by atoms with van der Waals surface area (Å²) < 4.78 is 6.72. The van der Waals surface area contributed by atoms with E-state index in [2.05, 4.69) is 51.8 Å². The van der Waals surface area contributed by atoms with Crippen LogP contribution in [0.4, 0.5) is 0 Å². The van der Waals surface area contributed by atoms with Crippen LogP contribution in [-0.4, -0.2) is 50.6 Å². The van der Waals surface area contributed by atoms with Crippen LogP contribution in [0.1, 0.15) is 124 Å². The number of nitrogens with one attached hydrogen (secondary N) is 1. The Morgan fingerprint density at radius 3 is 2.33 bits per heavy atom. The summed E-state index contributed by atoms with van der Waals surface area (Å²) in [5.41, 5.74) is -0.282. The van der Waals surface area contributed by atoms with Gasteiger partial charge < -0.3 is 20.3 Å². The van der Waals surface area contributed by atoms with Crippen molar-refractivity contribution in [3.05, 3.63) is 30.1 Å². The second-order valence-corrected chi connectivity index (χ2v) is 17.2. The first-order valence-electron chi connectivity index (χ1n) is 16.8. The van der Waals surface area contributed by atoms with Crippen LogP contribution in [0.5, 0.6) is 0 Å². The Kier molecular flexibility index (Phi) is 7.08. The molecule has 2 heterocycles. The number of carbonyl (C=O) groups excluding carboxylic acids is 1. The summed E-state index contributed by atoms with van der Waals surface area (Å²) in [6.45, 7) is 18.3. The van der Waals surface area contributed by atoms with E-state index in [9.17, 15) is 15.0 Å². The first-order chi connectivity index (χ1) is 19.5. The summed E-state index contributed by atoms with van der Waals surface area (Å²) >= 11 is 0. The summed E-state index contributed by atoms with van der Waals surface area (Å²) in [5, 5.41) is 26.3. The fourth-order valence-corrected chi connectivity index (χ4v) is 12.1. The number of fused-ring (bicyclic) bond motifs is 5. The standard InChI is InChI=1S/C36H56N2O4/c1-31(2)25-12-17-34(6)26(33(25,5)15-13-27(31)38-30(40)22-10-9-19-37-21-22)20-24(39)29-23(11-16-35(29,34)7)36(8)18-14-28(42-36)32(3,4)41/h9-10,19,21,23-29,39,41H,11-18,20H2,1-8H3,(H,38,40)/t23-,24+,25-,26+,27-,28-,29-,33-,34+,35+,36-/m0/s1. The number of amides is 1. The number of ether oxygens (including phenoxy) is 1. The van der Waals surface area contributed by atoms with Crippen LogP contribution >= 0.6 is 0 Å². The molecular formula is C36H56N2O4. The van der Waals surface area contributed by atoms with Gasteiger partial charge >= 0.3 is 0 Å². The third-order valence-corrected chi connectivity index (χ3v) is 14.5. The van der Waals surface area contributed by atoms with Gasteiger partial charge in [0.15, 0.2) is 0 Å². The Morgan fingerprint density at radius 2 is 1.69 bits per heavy atom. The van der Waals surface area contributed by atoms with Crippen molar-refractivity contribution >= 4 is 5.91 Å². The first-order valence-corrected chi connectivity index (χ1v) is 16.8. The van der Waals surface area contributed by atoms with Crippen LogP contribution in [0.25, 0.3) is 0 Å². The Hall–Kier alpha value is -1.50. The lowest BCUT2D eigenvalue weighted by molar-refractivity contribution is -0.240. The van der Waals surface area contributed by atoms with E-state index < -0.39 is 5.60 Å². The zero-order valence-corrected chi connectivity index (χ0v) is 27.4. The molecule has 1 aromatic rings. The topological polar surface area (TPSA) is 91.7 Å². The Labute approximate surface area is 253 Å². The zero-order chi connectivity index (χ0) is 30.5. The van der Waals surface area contributed by atoms with E-state index >= 15 is 0 Å². The summed E-state index contributed by atoms with van der Waals surface area (Å²) in [6.07, 6.45) is 12.1. The molecule has 234 valence electrons. The zero-order valence-electron chi connectivity index (χ0n) is 27.4. The lowest BCUT2D eigenvalue weighted by atomic mass is 9.35. The third kappa shape index (κ3) is 4.28. The van der Waals surface area contributed by atoms with Gasteiger partial charge in [0.05, 0.1) is 29.0 Å². The smallest absolute Gasteiger partial charge is 0.253 e. The number of aromatic nitrogens is 1. The predicted octanol–water partition coefficient (Wildman–Crippen LogP) is 6.54. The van der Waals surface area contributed by atoms with Gasteiger partial charge in [0.25, 0.3) is 5.91 Å². The van der Waals surface area contributed by atoms with Crippen molar-refractivity contribution < 1.29 is 19.7 Å². The summed E-state index contributed by atoms with van der Waals surface area (Å²) in [7, 11) is 0. The molecule has 0 bridgehead atoms. The van der Waals surface area contributed by atoms with Crippen LogP contribution in [0.15, 0.2) is 24.5 Å². The lowest BCUT2D eigenvalue weighted by Gasteiger charge is -2.71. The quantitative estimate of drug-likeness (QED) is 0.376. The average Bonchev–Trinajstić information content (AvgIpc) is 3.51. The number of aliphatic hydroxyl groups is 2. The summed E-state index contributed by atoms with van der Waals surface area (Å²) in [6, 6.07) is 3.77. The molecule has 0 aromatic carbocycles. The van der Waals surface area contributed by atoms with E-state index in [1.807, 2.05) is 26.0 Å². The van der Waals surface area contributed by atoms with Crippen molar-refractivity contribution in [2.75, 3.05) is 0 Å². The van der Waals surface area contributed by atoms with Gasteiger partial charge in [0, 0.05) is 18.4 Å². The molecule has 6 heteroatoms. The fraction of sp³-hybridized carbons (Fsp3) is 0.833. The largest absolute Gasteiger partial charge is 0.393 e. The molecule has 1 amide bonds. The molecule has 0 radical (unpaired) electrons. The van der Waals surface area contributed by atoms with E-state index in [4.69, 9.17) is 4.74 Å². The maximum Gasteiger partial charge on any atom is 0.253 e. The van der Waals surface area contributed by atoms with E-state index in [0.717, 1.165) is 51.4 Å². The molecule has 4 aliphatic carbocycles. The molecule has 6 nitrogen and oxygen atoms in total. The molecule has 3 N–H and O–H groups in total. The number of hydrogen-bond acceptors (Lipinski definition) is 5. The normalized spacial score (nSPS) is 48.2. The van der Waals surface area contributed by atoms with Gasteiger partial charge in [-0.3, -0.25) is 9.78 Å². The van der Waals surface area contributed by atoms with Crippen molar-refractivity contribution in [1.82, 2.24) is 10.3 Å². The van der Waals surface area contributed by atoms with E-state index in [1.165, 1.54) is 6.42 Å². The second kappa shape index (κ2) is 9.75. The molecule has 0 unspecified atom stereocenters. The number of aliphatic hydroxyl groups excluding tert-OH is 1. The van der Waals surface area contributed by atoms with E-state index in [-0.39, 0.29) is 57.3 Å². The van der Waals surface area contributed by atoms with Crippen molar-refractivity contribution in [3.8, 4) is 0 Å². The highest BCUT2D eigenvalue weighted by atomic mass is 16.5. The minimum absolute atomic E-state index is 0.0275. The molecule has 5 fully saturated rings.